The average molecular weight is 940 g/mol. The van der Waals surface area contributed by atoms with E-state index in [0.29, 0.717) is 135 Å². The van der Waals surface area contributed by atoms with Gasteiger partial charge in [0.2, 0.25) is 0 Å². The fourth-order valence-electron chi connectivity index (χ4n) is 9.63. The summed E-state index contributed by atoms with van der Waals surface area (Å²) >= 11 is 0. The molecule has 6 heterocycles. The van der Waals surface area contributed by atoms with Crippen molar-refractivity contribution in [3.63, 3.8) is 0 Å². The molecule has 68 heavy (non-hydrogen) atoms. The number of rotatable bonds is 8. The van der Waals surface area contributed by atoms with Crippen LogP contribution in [0.2, 0.25) is 0 Å². The maximum Gasteiger partial charge on any atom is 0.335 e. The second-order valence-electron chi connectivity index (χ2n) is 17.4. The van der Waals surface area contributed by atoms with Gasteiger partial charge in [0.15, 0.2) is 22.6 Å². The number of carbonyl (C=O) groups is 2. The minimum Gasteiger partial charge on any atom is -0.478 e. The normalized spacial score (nSPS) is 18.6. The summed E-state index contributed by atoms with van der Waals surface area (Å²) in [6.07, 6.45) is 2.80. The van der Waals surface area contributed by atoms with E-state index in [4.69, 9.17) is 18.3 Å². The lowest BCUT2D eigenvalue weighted by atomic mass is 9.97. The van der Waals surface area contributed by atoms with Crippen LogP contribution < -0.4 is 30.5 Å². The molecule has 10 rings (SSSR count). The van der Waals surface area contributed by atoms with Crippen molar-refractivity contribution >= 4 is 57.0 Å². The van der Waals surface area contributed by atoms with E-state index in [1.807, 2.05) is 19.6 Å². The Labute approximate surface area is 387 Å². The first-order chi connectivity index (χ1) is 32.7. The lowest BCUT2D eigenvalue weighted by Gasteiger charge is -2.29. The number of aromatic carboxylic acids is 1. The number of hydrogen-bond donors (Lipinski definition) is 1. The molecule has 14 nitrogen and oxygen atoms in total. The van der Waals surface area contributed by atoms with E-state index in [1.165, 1.54) is 53.4 Å². The van der Waals surface area contributed by atoms with Crippen molar-refractivity contribution in [1.29, 1.82) is 0 Å². The highest BCUT2D eigenvalue weighted by molar-refractivity contribution is 5.99. The van der Waals surface area contributed by atoms with Gasteiger partial charge in [0, 0.05) is 106 Å². The Balaban J connectivity index is 0.000000170. The second-order valence-corrected chi connectivity index (χ2v) is 17.4. The molecule has 2 aromatic heterocycles. The molecule has 4 aliphatic rings. The minimum absolute atomic E-state index is 0.0406. The van der Waals surface area contributed by atoms with Crippen molar-refractivity contribution in [2.45, 2.75) is 37.8 Å². The Kier molecular flexibility index (Phi) is 13.2. The number of fused-ring (bicyclic) bond motifs is 2. The molecule has 2 unspecified atom stereocenters. The Hall–Kier alpha value is -6.92. The van der Waals surface area contributed by atoms with Gasteiger partial charge in [-0.05, 0) is 74.2 Å². The van der Waals surface area contributed by atoms with E-state index in [2.05, 4.69) is 0 Å². The summed E-state index contributed by atoms with van der Waals surface area (Å²) < 4.78 is 79.2. The van der Waals surface area contributed by atoms with E-state index in [0.717, 1.165) is 25.0 Å². The molecule has 1 N–H and O–H groups in total. The smallest absolute Gasteiger partial charge is 0.335 e. The van der Waals surface area contributed by atoms with Gasteiger partial charge in [-0.25, -0.2) is 22.4 Å². The summed E-state index contributed by atoms with van der Waals surface area (Å²) in [5.41, 5.74) is 2.35. The molecule has 0 spiro atoms. The Morgan fingerprint density at radius 3 is 1.35 bits per heavy atom. The first-order valence-corrected chi connectivity index (χ1v) is 22.5. The maximum atomic E-state index is 14.0. The SMILES string of the molecule is CN(C)C(=O)c1cc(C2CCCN2c2cc(F)cc(F)c2)c2oc(N3CCOCC3)cc(=O)c2c1.O=C(O)c1cc(C2CCCN2c2cc(F)cc(F)c2)c2oc(N3CCOCC3)cc(=O)c2c1. The molecule has 18 heteroatoms. The number of hydrogen-bond acceptors (Lipinski definition) is 12. The minimum atomic E-state index is -1.17. The molecule has 4 saturated heterocycles. The van der Waals surface area contributed by atoms with E-state index in [9.17, 15) is 41.8 Å². The zero-order chi connectivity index (χ0) is 47.8. The third-order valence-corrected chi connectivity index (χ3v) is 12.8. The molecule has 356 valence electrons. The van der Waals surface area contributed by atoms with Gasteiger partial charge < -0.3 is 47.9 Å². The highest BCUT2D eigenvalue weighted by atomic mass is 19.1. The van der Waals surface area contributed by atoms with Crippen molar-refractivity contribution in [3.05, 3.63) is 139 Å². The maximum absolute atomic E-state index is 14.0. The molecule has 0 radical (unpaired) electrons. The highest BCUT2D eigenvalue weighted by Crippen LogP contribution is 2.42. The number of morpholine rings is 2. The summed E-state index contributed by atoms with van der Waals surface area (Å²) in [5.74, 6) is -3.29. The largest absolute Gasteiger partial charge is 0.478 e. The van der Waals surface area contributed by atoms with Gasteiger partial charge in [-0.2, -0.15) is 0 Å². The standard InChI is InChI=1S/C26H27F2N3O4.C24H22F2N2O5/c1-29(2)26(33)16-10-20(22-4-3-5-31(22)19-13-17(27)12-18(28)14-19)25-21(11-16)23(32)15-24(35-25)30-6-8-34-9-7-30;25-15-10-16(26)12-17(11-15)28-3-1-2-20(28)18-8-14(24(30)31)9-19-21(29)13-22(33-23(18)19)27-4-6-32-7-5-27/h10-15,22H,3-9H2,1-2H3;8-13,20H,1-7H2,(H,30,31). The average Bonchev–Trinajstić information content (AvgIpc) is 4.02. The summed E-state index contributed by atoms with van der Waals surface area (Å²) in [6, 6.07) is 15.0. The summed E-state index contributed by atoms with van der Waals surface area (Å²) in [7, 11) is 3.29. The lowest BCUT2D eigenvalue weighted by Crippen LogP contribution is -2.36. The van der Waals surface area contributed by atoms with Crippen LogP contribution in [0.3, 0.4) is 0 Å². The van der Waals surface area contributed by atoms with Crippen LogP contribution in [0.15, 0.2) is 91.2 Å². The first kappa shape index (κ1) is 46.2. The van der Waals surface area contributed by atoms with Crippen LogP contribution in [0, 0.1) is 23.3 Å². The van der Waals surface area contributed by atoms with Gasteiger partial charge in [-0.1, -0.05) is 0 Å². The Bertz CT molecular complexity index is 2980. The van der Waals surface area contributed by atoms with E-state index in [-0.39, 0.29) is 33.8 Å². The van der Waals surface area contributed by atoms with Crippen molar-refractivity contribution in [2.24, 2.45) is 0 Å². The van der Waals surface area contributed by atoms with Crippen LogP contribution in [0.5, 0.6) is 0 Å². The molecule has 4 aromatic carbocycles. The molecule has 4 aliphatic heterocycles. The number of halogens is 4. The number of carboxylic acids is 1. The number of nitrogens with zero attached hydrogens (tertiary/aromatic N) is 5. The Morgan fingerprint density at radius 2 is 0.956 bits per heavy atom. The van der Waals surface area contributed by atoms with Crippen LogP contribution in [-0.2, 0) is 9.47 Å². The quantitative estimate of drug-likeness (QED) is 0.148. The van der Waals surface area contributed by atoms with Crippen LogP contribution in [0.25, 0.3) is 21.9 Å². The number of carboxylic acid groups (broad SMARTS) is 1. The van der Waals surface area contributed by atoms with Crippen LogP contribution in [0.4, 0.5) is 40.7 Å². The molecule has 6 aromatic rings. The molecule has 0 bridgehead atoms. The second kappa shape index (κ2) is 19.4. The number of anilines is 4. The number of amides is 1. The first-order valence-electron chi connectivity index (χ1n) is 22.5. The van der Waals surface area contributed by atoms with Crippen molar-refractivity contribution in [1.82, 2.24) is 4.90 Å². The van der Waals surface area contributed by atoms with Crippen molar-refractivity contribution in [3.8, 4) is 0 Å². The van der Waals surface area contributed by atoms with Crippen LogP contribution >= 0.6 is 0 Å². The monoisotopic (exact) mass is 939 g/mol. The van der Waals surface area contributed by atoms with Gasteiger partial charge >= 0.3 is 5.97 Å². The van der Waals surface area contributed by atoms with Gasteiger partial charge in [-0.3, -0.25) is 14.4 Å². The third-order valence-electron chi connectivity index (χ3n) is 12.8. The zero-order valence-corrected chi connectivity index (χ0v) is 37.4. The third kappa shape index (κ3) is 9.47. The molecular weight excluding hydrogens is 891 g/mol. The zero-order valence-electron chi connectivity index (χ0n) is 37.4. The predicted molar refractivity (Wildman–Crippen MR) is 247 cm³/mol. The van der Waals surface area contributed by atoms with Crippen LogP contribution in [0.1, 0.15) is 69.6 Å². The topological polar surface area (TPSA) is 149 Å². The fourth-order valence-corrected chi connectivity index (χ4v) is 9.63. The number of carbonyl (C=O) groups excluding carboxylic acids is 1. The predicted octanol–water partition coefficient (Wildman–Crippen LogP) is 7.90. The van der Waals surface area contributed by atoms with Crippen molar-refractivity contribution in [2.75, 3.05) is 99.4 Å². The molecule has 0 aliphatic carbocycles. The van der Waals surface area contributed by atoms with Gasteiger partial charge in [-0.15, -0.1) is 0 Å². The summed E-state index contributed by atoms with van der Waals surface area (Å²) in [6.45, 7) is 5.51. The molecule has 4 fully saturated rings. The van der Waals surface area contributed by atoms with Gasteiger partial charge in [0.25, 0.3) is 5.91 Å². The Morgan fingerprint density at radius 1 is 0.559 bits per heavy atom. The van der Waals surface area contributed by atoms with E-state index < -0.39 is 35.3 Å². The molecule has 0 saturated carbocycles. The summed E-state index contributed by atoms with van der Waals surface area (Å²) in [4.78, 5) is 60.0. The number of ether oxygens (including phenoxy) is 2. The van der Waals surface area contributed by atoms with E-state index >= 15 is 0 Å². The van der Waals surface area contributed by atoms with Gasteiger partial charge in [0.05, 0.1) is 54.8 Å². The molecule has 2 atom stereocenters. The van der Waals surface area contributed by atoms with Gasteiger partial charge in [0.1, 0.15) is 34.4 Å². The summed E-state index contributed by atoms with van der Waals surface area (Å²) in [5, 5.41) is 10.1. The highest BCUT2D eigenvalue weighted by Gasteiger charge is 2.33. The molecule has 1 amide bonds. The van der Waals surface area contributed by atoms with Crippen molar-refractivity contribution < 1.29 is 50.6 Å². The number of benzene rings is 4. The molecular formula is C50H49F4N5O9. The van der Waals surface area contributed by atoms with E-state index in [1.54, 1.807) is 26.2 Å². The lowest BCUT2D eigenvalue weighted by molar-refractivity contribution is 0.0696. The van der Waals surface area contributed by atoms with Crippen LogP contribution in [-0.4, -0.2) is 102 Å². The fraction of sp³-hybridized carbons (Fsp3) is 0.360.